The zero-order chi connectivity index (χ0) is 21.6. The van der Waals surface area contributed by atoms with Crippen molar-refractivity contribution in [1.29, 1.82) is 0 Å². The normalized spacial score (nSPS) is 10.6. The second kappa shape index (κ2) is 11.3. The Morgan fingerprint density at radius 3 is 1.85 bits per heavy atom. The van der Waals surface area contributed by atoms with Crippen LogP contribution in [0.2, 0.25) is 0 Å². The van der Waals surface area contributed by atoms with E-state index in [0.717, 1.165) is 34.2 Å². The second-order valence-corrected chi connectivity index (χ2v) is 10.1. The monoisotopic (exact) mass is 623 g/mol. The molecule has 0 atom stereocenters. The first-order chi connectivity index (χ1) is 15.9. The Morgan fingerprint density at radius 1 is 0.576 bits per heavy atom. The minimum absolute atomic E-state index is 0. The number of pyridine rings is 1. The third kappa shape index (κ3) is 5.75. The molecule has 0 saturated carbocycles. The van der Waals surface area contributed by atoms with Crippen molar-refractivity contribution < 1.29 is 21.1 Å². The number of rotatable bonds is 6. The maximum absolute atomic E-state index is 5.05. The second-order valence-electron chi connectivity index (χ2n) is 7.66. The van der Waals surface area contributed by atoms with E-state index in [-0.39, 0.29) is 21.1 Å². The van der Waals surface area contributed by atoms with Crippen molar-refractivity contribution >= 4 is 18.5 Å². The van der Waals surface area contributed by atoms with Gasteiger partial charge in [0.2, 0.25) is 0 Å². The van der Waals surface area contributed by atoms with Gasteiger partial charge in [-0.05, 0) is 30.3 Å². The molecule has 0 aliphatic carbocycles. The van der Waals surface area contributed by atoms with Gasteiger partial charge >= 0.3 is 21.1 Å². The summed E-state index contributed by atoms with van der Waals surface area (Å²) >= 11 is 0. The van der Waals surface area contributed by atoms with Crippen molar-refractivity contribution in [3.63, 3.8) is 0 Å². The van der Waals surface area contributed by atoms with E-state index in [1.807, 2.05) is 18.2 Å². The topological polar surface area (TPSA) is 12.9 Å². The Bertz CT molecular complexity index is 1250. The average Bonchev–Trinajstić information content (AvgIpc) is 2.89. The standard InChI is InChI=1S/C30H22NP.Pt/c1-4-12-24(13-5-1)25-14-10-15-26(22-25)30-21-11-16-27(31-30)23-32(28-17-6-2-7-18-28)29-19-8-3-9-20-29;/h1-12,14-21H,23H2;/q-2;+2/p+1. The summed E-state index contributed by atoms with van der Waals surface area (Å²) in [5.41, 5.74) is 5.17. The molecule has 1 nitrogen and oxygen atoms in total. The molecule has 0 fully saturated rings. The third-order valence-corrected chi connectivity index (χ3v) is 8.26. The molecule has 0 bridgehead atoms. The fraction of sp³-hybridized carbons (Fsp3) is 0.0333. The van der Waals surface area contributed by atoms with Gasteiger partial charge in [-0.3, -0.25) is 4.98 Å². The maximum atomic E-state index is 5.05. The summed E-state index contributed by atoms with van der Waals surface area (Å²) in [6.07, 6.45) is 0.943. The molecule has 0 saturated heterocycles. The summed E-state index contributed by atoms with van der Waals surface area (Å²) < 4.78 is 0. The van der Waals surface area contributed by atoms with Crippen LogP contribution >= 0.6 is 7.92 Å². The summed E-state index contributed by atoms with van der Waals surface area (Å²) in [6.45, 7) is 0. The molecule has 0 aliphatic heterocycles. The van der Waals surface area contributed by atoms with Crippen LogP contribution in [-0.4, -0.2) is 4.98 Å². The predicted octanol–water partition coefficient (Wildman–Crippen LogP) is 6.38. The van der Waals surface area contributed by atoms with Crippen molar-refractivity contribution in [2.45, 2.75) is 6.16 Å². The minimum atomic E-state index is -0.978. The Labute approximate surface area is 211 Å². The number of benzene rings is 4. The van der Waals surface area contributed by atoms with Gasteiger partial charge in [0, 0.05) is 5.69 Å². The van der Waals surface area contributed by atoms with Crippen LogP contribution in [0.3, 0.4) is 0 Å². The van der Waals surface area contributed by atoms with E-state index >= 15 is 0 Å². The first-order valence-electron chi connectivity index (χ1n) is 10.8. The first kappa shape index (κ1) is 23.3. The maximum Gasteiger partial charge on any atom is 2.00 e. The van der Waals surface area contributed by atoms with Crippen molar-refractivity contribution in [2.24, 2.45) is 0 Å². The Kier molecular flexibility index (Phi) is 8.00. The zero-order valence-electron chi connectivity index (χ0n) is 18.0. The molecule has 33 heavy (non-hydrogen) atoms. The number of hydrogen-bond donors (Lipinski definition) is 0. The molecule has 0 aliphatic rings. The average molecular weight is 624 g/mol. The summed E-state index contributed by atoms with van der Waals surface area (Å²) in [5.74, 6) is 0. The van der Waals surface area contributed by atoms with Crippen LogP contribution in [0.5, 0.6) is 0 Å². The van der Waals surface area contributed by atoms with Crippen LogP contribution < -0.4 is 10.6 Å². The molecule has 0 unspecified atom stereocenters. The van der Waals surface area contributed by atoms with Gasteiger partial charge in [-0.2, -0.15) is 42.0 Å². The summed E-state index contributed by atoms with van der Waals surface area (Å²) in [7, 11) is -0.978. The summed E-state index contributed by atoms with van der Waals surface area (Å²) in [6, 6.07) is 49.1. The molecule has 0 spiro atoms. The Morgan fingerprint density at radius 2 is 1.18 bits per heavy atom. The SMILES string of the molecule is [Pt+2].[c-]1ccccc1-c1[c-]c(-c2cccc(C[PH+](c3ccccc3)c3ccccc3)n2)ccc1. The van der Waals surface area contributed by atoms with Gasteiger partial charge in [0.1, 0.15) is 6.16 Å². The van der Waals surface area contributed by atoms with Gasteiger partial charge in [-0.15, -0.1) is 23.8 Å². The number of aromatic nitrogens is 1. The molecule has 5 aromatic rings. The van der Waals surface area contributed by atoms with Gasteiger partial charge in [-0.1, -0.05) is 48.5 Å². The van der Waals surface area contributed by atoms with E-state index in [0.29, 0.717) is 0 Å². The van der Waals surface area contributed by atoms with E-state index in [1.54, 1.807) is 0 Å². The fourth-order valence-corrected chi connectivity index (χ4v) is 6.39. The number of nitrogens with zero attached hydrogens (tertiary/aromatic N) is 1. The smallest absolute Gasteiger partial charge is 0.288 e. The van der Waals surface area contributed by atoms with Crippen LogP contribution in [-0.2, 0) is 27.2 Å². The third-order valence-electron chi connectivity index (χ3n) is 5.48. The van der Waals surface area contributed by atoms with Crippen LogP contribution in [0.25, 0.3) is 22.4 Å². The van der Waals surface area contributed by atoms with Gasteiger partial charge in [-0.25, -0.2) is 5.56 Å². The van der Waals surface area contributed by atoms with E-state index < -0.39 is 7.92 Å². The van der Waals surface area contributed by atoms with Crippen LogP contribution in [0.4, 0.5) is 0 Å². The summed E-state index contributed by atoms with van der Waals surface area (Å²) in [4.78, 5) is 5.05. The van der Waals surface area contributed by atoms with E-state index in [9.17, 15) is 0 Å². The molecule has 0 N–H and O–H groups in total. The quantitative estimate of drug-likeness (QED) is 0.158. The minimum Gasteiger partial charge on any atom is -0.288 e. The fourth-order valence-electron chi connectivity index (χ4n) is 3.90. The first-order valence-corrected chi connectivity index (χ1v) is 12.5. The van der Waals surface area contributed by atoms with Crippen LogP contribution in [0.1, 0.15) is 5.69 Å². The van der Waals surface area contributed by atoms with Crippen LogP contribution in [0.15, 0.2) is 121 Å². The van der Waals surface area contributed by atoms with Gasteiger partial charge in [0.25, 0.3) is 0 Å². The molecule has 4 aromatic carbocycles. The molecular formula is C30H23NPPt+. The zero-order valence-corrected chi connectivity index (χ0v) is 21.3. The predicted molar refractivity (Wildman–Crippen MR) is 137 cm³/mol. The largest absolute Gasteiger partial charge is 2.00 e. The van der Waals surface area contributed by atoms with Crippen molar-refractivity contribution in [1.82, 2.24) is 4.98 Å². The van der Waals surface area contributed by atoms with Crippen molar-refractivity contribution in [3.8, 4) is 22.4 Å². The molecule has 0 amide bonds. The molecule has 3 heteroatoms. The number of hydrogen-bond acceptors (Lipinski definition) is 1. The molecule has 1 heterocycles. The van der Waals surface area contributed by atoms with E-state index in [4.69, 9.17) is 4.98 Å². The van der Waals surface area contributed by atoms with Gasteiger partial charge in [0.15, 0.2) is 0 Å². The van der Waals surface area contributed by atoms with Gasteiger partial charge < -0.3 is 0 Å². The van der Waals surface area contributed by atoms with Crippen molar-refractivity contribution in [3.05, 3.63) is 139 Å². The van der Waals surface area contributed by atoms with Crippen molar-refractivity contribution in [2.75, 3.05) is 0 Å². The molecule has 0 radical (unpaired) electrons. The molecular weight excluding hydrogens is 600 g/mol. The molecule has 1 aromatic heterocycles. The summed E-state index contributed by atoms with van der Waals surface area (Å²) in [5, 5.41) is 2.81. The van der Waals surface area contributed by atoms with E-state index in [1.165, 1.54) is 10.6 Å². The van der Waals surface area contributed by atoms with Crippen LogP contribution in [0, 0.1) is 12.1 Å². The van der Waals surface area contributed by atoms with E-state index in [2.05, 4.69) is 115 Å². The molecule has 5 rings (SSSR count). The van der Waals surface area contributed by atoms with Gasteiger partial charge in [0.05, 0.1) is 24.2 Å². The molecule has 162 valence electrons. The Balaban J connectivity index is 0.00000259. The Hall–Kier alpha value is -2.85.